The lowest BCUT2D eigenvalue weighted by Crippen LogP contribution is -2.05. The summed E-state index contributed by atoms with van der Waals surface area (Å²) in [5.74, 6) is 0.170. The van der Waals surface area contributed by atoms with Crippen LogP contribution < -0.4 is 4.74 Å². The predicted octanol–water partition coefficient (Wildman–Crippen LogP) is 3.39. The van der Waals surface area contributed by atoms with E-state index in [-0.39, 0.29) is 12.5 Å². The van der Waals surface area contributed by atoms with Gasteiger partial charge in [-0.2, -0.15) is 13.2 Å². The van der Waals surface area contributed by atoms with E-state index in [9.17, 15) is 13.2 Å². The first kappa shape index (κ1) is 13.4. The van der Waals surface area contributed by atoms with Gasteiger partial charge in [0.2, 0.25) is 5.88 Å². The summed E-state index contributed by atoms with van der Waals surface area (Å²) in [6, 6.07) is 8.10. The van der Waals surface area contributed by atoms with Crippen LogP contribution in [0.15, 0.2) is 42.6 Å². The average molecular weight is 269 g/mol. The van der Waals surface area contributed by atoms with Gasteiger partial charge in [0.25, 0.3) is 0 Å². The predicted molar refractivity (Wildman–Crippen MR) is 61.7 cm³/mol. The van der Waals surface area contributed by atoms with Gasteiger partial charge in [-0.25, -0.2) is 4.98 Å². The molecule has 6 heteroatoms. The zero-order valence-corrected chi connectivity index (χ0v) is 9.69. The van der Waals surface area contributed by atoms with Crippen molar-refractivity contribution in [3.05, 3.63) is 53.7 Å². The van der Waals surface area contributed by atoms with Gasteiger partial charge in [0.05, 0.1) is 12.2 Å². The Morgan fingerprint density at radius 3 is 2.63 bits per heavy atom. The van der Waals surface area contributed by atoms with Crippen LogP contribution in [0, 0.1) is 0 Å². The first-order chi connectivity index (χ1) is 8.99. The van der Waals surface area contributed by atoms with Crippen molar-refractivity contribution in [1.82, 2.24) is 4.98 Å². The molecule has 2 aromatic rings. The minimum atomic E-state index is -4.44. The molecule has 0 amide bonds. The number of hydrogen-bond donors (Lipinski definition) is 1. The van der Waals surface area contributed by atoms with Gasteiger partial charge in [-0.05, 0) is 23.8 Å². The van der Waals surface area contributed by atoms with Gasteiger partial charge in [-0.15, -0.1) is 0 Å². The molecule has 1 aromatic heterocycles. The van der Waals surface area contributed by atoms with Gasteiger partial charge in [-0.1, -0.05) is 12.1 Å². The number of nitrogens with zero attached hydrogens (tertiary/aromatic N) is 1. The molecular formula is C13H10F3NO2. The van der Waals surface area contributed by atoms with E-state index in [1.54, 1.807) is 18.2 Å². The summed E-state index contributed by atoms with van der Waals surface area (Å²) in [5, 5.41) is 8.96. The van der Waals surface area contributed by atoms with Crippen molar-refractivity contribution >= 4 is 0 Å². The molecule has 0 aliphatic rings. The molecule has 1 N–H and O–H groups in total. The second-order valence-corrected chi connectivity index (χ2v) is 3.79. The SMILES string of the molecule is OCc1cccc(Oc2cc(C(F)(F)F)ccn2)c1. The van der Waals surface area contributed by atoms with Crippen LogP contribution in [0.4, 0.5) is 13.2 Å². The summed E-state index contributed by atoms with van der Waals surface area (Å²) in [5.41, 5.74) is -0.222. The molecule has 0 bridgehead atoms. The van der Waals surface area contributed by atoms with E-state index in [2.05, 4.69) is 4.98 Å². The zero-order chi connectivity index (χ0) is 13.9. The van der Waals surface area contributed by atoms with Gasteiger partial charge in [0.15, 0.2) is 0 Å². The number of pyridine rings is 1. The zero-order valence-electron chi connectivity index (χ0n) is 9.69. The Kier molecular flexibility index (Phi) is 3.71. The lowest BCUT2D eigenvalue weighted by atomic mass is 10.2. The normalized spacial score (nSPS) is 11.4. The maximum absolute atomic E-state index is 12.5. The maximum atomic E-state index is 12.5. The van der Waals surface area contributed by atoms with Crippen molar-refractivity contribution in [3.63, 3.8) is 0 Å². The van der Waals surface area contributed by atoms with E-state index in [4.69, 9.17) is 9.84 Å². The molecule has 1 heterocycles. The van der Waals surface area contributed by atoms with Crippen molar-refractivity contribution in [3.8, 4) is 11.6 Å². The summed E-state index contributed by atoms with van der Waals surface area (Å²) in [6.45, 7) is -0.173. The summed E-state index contributed by atoms with van der Waals surface area (Å²) in [7, 11) is 0. The number of aromatic nitrogens is 1. The highest BCUT2D eigenvalue weighted by Gasteiger charge is 2.31. The first-order valence-electron chi connectivity index (χ1n) is 5.40. The van der Waals surface area contributed by atoms with Crippen molar-refractivity contribution in [2.75, 3.05) is 0 Å². The molecule has 0 saturated heterocycles. The third kappa shape index (κ3) is 3.45. The van der Waals surface area contributed by atoms with E-state index in [0.29, 0.717) is 11.3 Å². The highest BCUT2D eigenvalue weighted by atomic mass is 19.4. The Hall–Kier alpha value is -2.08. The quantitative estimate of drug-likeness (QED) is 0.928. The molecule has 19 heavy (non-hydrogen) atoms. The molecule has 2 rings (SSSR count). The average Bonchev–Trinajstić information content (AvgIpc) is 2.38. The topological polar surface area (TPSA) is 42.4 Å². The Labute approximate surface area is 107 Å². The molecule has 0 aliphatic carbocycles. The summed E-state index contributed by atoms with van der Waals surface area (Å²) in [4.78, 5) is 3.72. The van der Waals surface area contributed by atoms with E-state index in [0.717, 1.165) is 18.3 Å². The van der Waals surface area contributed by atoms with Crippen molar-refractivity contribution < 1.29 is 23.0 Å². The first-order valence-corrected chi connectivity index (χ1v) is 5.40. The number of benzene rings is 1. The summed E-state index contributed by atoms with van der Waals surface area (Å²) < 4.78 is 42.8. The van der Waals surface area contributed by atoms with E-state index >= 15 is 0 Å². The second-order valence-electron chi connectivity index (χ2n) is 3.79. The third-order valence-electron chi connectivity index (χ3n) is 2.37. The Morgan fingerprint density at radius 2 is 1.95 bits per heavy atom. The molecule has 0 saturated carbocycles. The fraction of sp³-hybridized carbons (Fsp3) is 0.154. The third-order valence-corrected chi connectivity index (χ3v) is 2.37. The molecule has 100 valence electrons. The molecule has 0 radical (unpaired) electrons. The number of rotatable bonds is 3. The number of halogens is 3. The van der Waals surface area contributed by atoms with E-state index < -0.39 is 11.7 Å². The van der Waals surface area contributed by atoms with Crippen LogP contribution in [-0.4, -0.2) is 10.1 Å². The van der Waals surface area contributed by atoms with Crippen LogP contribution in [0.25, 0.3) is 0 Å². The van der Waals surface area contributed by atoms with Gasteiger partial charge in [0, 0.05) is 12.3 Å². The highest BCUT2D eigenvalue weighted by Crippen LogP contribution is 2.31. The Bertz CT molecular complexity index is 570. The molecule has 3 nitrogen and oxygen atoms in total. The minimum absolute atomic E-state index is 0.148. The lowest BCUT2D eigenvalue weighted by molar-refractivity contribution is -0.137. The van der Waals surface area contributed by atoms with E-state index in [1.807, 2.05) is 0 Å². The number of hydrogen-bond acceptors (Lipinski definition) is 3. The molecule has 0 atom stereocenters. The number of alkyl halides is 3. The van der Waals surface area contributed by atoms with Crippen LogP contribution in [-0.2, 0) is 12.8 Å². The fourth-order valence-electron chi connectivity index (χ4n) is 1.47. The van der Waals surface area contributed by atoms with Gasteiger partial charge in [0.1, 0.15) is 5.75 Å². The van der Waals surface area contributed by atoms with Crippen molar-refractivity contribution in [2.45, 2.75) is 12.8 Å². The fourth-order valence-corrected chi connectivity index (χ4v) is 1.47. The number of aliphatic hydroxyl groups excluding tert-OH is 1. The van der Waals surface area contributed by atoms with Crippen LogP contribution in [0.3, 0.4) is 0 Å². The van der Waals surface area contributed by atoms with Gasteiger partial charge < -0.3 is 9.84 Å². The summed E-state index contributed by atoms with van der Waals surface area (Å²) in [6.07, 6.45) is -3.40. The molecule has 0 aliphatic heterocycles. The molecule has 1 aromatic carbocycles. The second kappa shape index (κ2) is 5.27. The molecule has 0 unspecified atom stereocenters. The number of aliphatic hydroxyl groups is 1. The van der Waals surface area contributed by atoms with Gasteiger partial charge in [-0.3, -0.25) is 0 Å². The molecule has 0 spiro atoms. The maximum Gasteiger partial charge on any atom is 0.416 e. The van der Waals surface area contributed by atoms with Crippen LogP contribution in [0.1, 0.15) is 11.1 Å². The molecule has 0 fully saturated rings. The monoisotopic (exact) mass is 269 g/mol. The largest absolute Gasteiger partial charge is 0.439 e. The Balaban J connectivity index is 2.23. The van der Waals surface area contributed by atoms with Crippen LogP contribution >= 0.6 is 0 Å². The smallest absolute Gasteiger partial charge is 0.416 e. The summed E-state index contributed by atoms with van der Waals surface area (Å²) >= 11 is 0. The van der Waals surface area contributed by atoms with Crippen molar-refractivity contribution in [1.29, 1.82) is 0 Å². The van der Waals surface area contributed by atoms with Crippen LogP contribution in [0.5, 0.6) is 11.6 Å². The van der Waals surface area contributed by atoms with Crippen LogP contribution in [0.2, 0.25) is 0 Å². The number of ether oxygens (including phenoxy) is 1. The molecular weight excluding hydrogens is 259 g/mol. The van der Waals surface area contributed by atoms with E-state index in [1.165, 1.54) is 6.07 Å². The minimum Gasteiger partial charge on any atom is -0.439 e. The van der Waals surface area contributed by atoms with Crippen molar-refractivity contribution in [2.24, 2.45) is 0 Å². The Morgan fingerprint density at radius 1 is 1.16 bits per heavy atom. The standard InChI is InChI=1S/C13H10F3NO2/c14-13(15,16)10-4-5-17-12(7-10)19-11-3-1-2-9(6-11)8-18/h1-7,18H,8H2. The highest BCUT2D eigenvalue weighted by molar-refractivity contribution is 5.32. The van der Waals surface area contributed by atoms with Gasteiger partial charge >= 0.3 is 6.18 Å². The lowest BCUT2D eigenvalue weighted by Gasteiger charge is -2.09.